The highest BCUT2D eigenvalue weighted by molar-refractivity contribution is 7.18. The molecule has 0 aliphatic carbocycles. The normalized spacial score (nSPS) is 10.9. The largest absolute Gasteiger partial charge is 0.485 e. The molecule has 0 saturated heterocycles. The van der Waals surface area contributed by atoms with Gasteiger partial charge in [-0.25, -0.2) is 9.78 Å². The Labute approximate surface area is 158 Å². The van der Waals surface area contributed by atoms with Gasteiger partial charge in [0.05, 0.1) is 15.8 Å². The second kappa shape index (κ2) is 7.55. The van der Waals surface area contributed by atoms with Crippen molar-refractivity contribution in [1.29, 1.82) is 0 Å². The van der Waals surface area contributed by atoms with E-state index in [4.69, 9.17) is 14.0 Å². The Hall–Kier alpha value is -3.26. The molecule has 0 aliphatic rings. The van der Waals surface area contributed by atoms with E-state index in [1.54, 1.807) is 31.2 Å². The maximum Gasteiger partial charge on any atom is 0.338 e. The molecule has 0 aliphatic heterocycles. The van der Waals surface area contributed by atoms with Crippen molar-refractivity contribution in [3.63, 3.8) is 0 Å². The number of hydrogen-bond donors (Lipinski definition) is 0. The van der Waals surface area contributed by atoms with E-state index in [1.807, 2.05) is 24.3 Å². The van der Waals surface area contributed by atoms with Crippen molar-refractivity contribution in [2.75, 3.05) is 0 Å². The summed E-state index contributed by atoms with van der Waals surface area (Å²) in [5.41, 5.74) is 1.35. The Balaban J connectivity index is 1.33. The van der Waals surface area contributed by atoms with Gasteiger partial charge in [0, 0.05) is 6.92 Å². The third-order valence-electron chi connectivity index (χ3n) is 3.69. The van der Waals surface area contributed by atoms with E-state index < -0.39 is 5.97 Å². The minimum absolute atomic E-state index is 0.146. The molecule has 2 aromatic carbocycles. The summed E-state index contributed by atoms with van der Waals surface area (Å²) in [6.45, 7) is 2.05. The van der Waals surface area contributed by atoms with Crippen LogP contribution in [0.4, 0.5) is 0 Å². The molecule has 4 rings (SSSR count). The van der Waals surface area contributed by atoms with Crippen molar-refractivity contribution in [3.8, 4) is 5.75 Å². The van der Waals surface area contributed by atoms with Gasteiger partial charge in [-0.3, -0.25) is 0 Å². The van der Waals surface area contributed by atoms with Crippen LogP contribution in [0.2, 0.25) is 0 Å². The lowest BCUT2D eigenvalue weighted by atomic mass is 10.2. The summed E-state index contributed by atoms with van der Waals surface area (Å²) in [4.78, 5) is 20.7. The van der Waals surface area contributed by atoms with E-state index in [1.165, 1.54) is 11.3 Å². The molecule has 0 spiro atoms. The van der Waals surface area contributed by atoms with Crippen LogP contribution in [0.15, 0.2) is 53.1 Å². The van der Waals surface area contributed by atoms with Gasteiger partial charge < -0.3 is 14.0 Å². The van der Waals surface area contributed by atoms with Crippen LogP contribution in [0.3, 0.4) is 0 Å². The quantitative estimate of drug-likeness (QED) is 0.468. The first-order valence-electron chi connectivity index (χ1n) is 8.21. The highest BCUT2D eigenvalue weighted by Crippen LogP contribution is 2.22. The highest BCUT2D eigenvalue weighted by atomic mass is 32.1. The van der Waals surface area contributed by atoms with Gasteiger partial charge in [-0.2, -0.15) is 4.98 Å². The number of aryl methyl sites for hydroxylation is 1. The molecule has 8 heteroatoms. The van der Waals surface area contributed by atoms with Crippen LogP contribution >= 0.6 is 11.3 Å². The summed E-state index contributed by atoms with van der Waals surface area (Å²) in [6, 6.07) is 14.5. The van der Waals surface area contributed by atoms with Crippen LogP contribution in [-0.4, -0.2) is 21.1 Å². The van der Waals surface area contributed by atoms with E-state index in [0.717, 1.165) is 15.2 Å². The number of aromatic nitrogens is 3. The third kappa shape index (κ3) is 4.12. The van der Waals surface area contributed by atoms with Gasteiger partial charge >= 0.3 is 5.97 Å². The van der Waals surface area contributed by atoms with Crippen molar-refractivity contribution in [3.05, 3.63) is 70.8 Å². The summed E-state index contributed by atoms with van der Waals surface area (Å²) in [7, 11) is 0. The minimum Gasteiger partial charge on any atom is -0.485 e. The SMILES string of the molecule is Cc1nc(COc2ccc(C(=O)OCc3nc4ccccc4s3)cc2)no1. The second-order valence-electron chi connectivity index (χ2n) is 5.69. The van der Waals surface area contributed by atoms with Gasteiger partial charge in [-0.15, -0.1) is 11.3 Å². The number of hydrogen-bond acceptors (Lipinski definition) is 8. The number of benzene rings is 2. The fraction of sp³-hybridized carbons (Fsp3) is 0.158. The topological polar surface area (TPSA) is 87.3 Å². The average molecular weight is 381 g/mol. The summed E-state index contributed by atoms with van der Waals surface area (Å²) in [5.74, 6) is 1.14. The Bertz CT molecular complexity index is 1040. The molecule has 2 heterocycles. The minimum atomic E-state index is -0.408. The predicted octanol–water partition coefficient (Wildman–Crippen LogP) is 3.92. The fourth-order valence-corrected chi connectivity index (χ4v) is 3.31. The standard InChI is InChI=1S/C19H15N3O4S/c1-12-20-17(22-26-12)10-24-14-8-6-13(7-9-14)19(23)25-11-18-21-15-4-2-3-5-16(15)27-18/h2-9H,10-11H2,1H3. The van der Waals surface area contributed by atoms with Crippen LogP contribution in [0.5, 0.6) is 5.75 Å². The molecule has 7 nitrogen and oxygen atoms in total. The van der Waals surface area contributed by atoms with Crippen LogP contribution in [0.25, 0.3) is 10.2 Å². The number of carbonyl (C=O) groups excluding carboxylic acids is 1. The van der Waals surface area contributed by atoms with Crippen LogP contribution in [-0.2, 0) is 18.0 Å². The van der Waals surface area contributed by atoms with E-state index in [2.05, 4.69) is 15.1 Å². The Kier molecular flexibility index (Phi) is 4.80. The summed E-state index contributed by atoms with van der Waals surface area (Å²) in [5, 5.41) is 4.52. The van der Waals surface area contributed by atoms with Crippen molar-refractivity contribution >= 4 is 27.5 Å². The number of fused-ring (bicyclic) bond motifs is 1. The molecule has 27 heavy (non-hydrogen) atoms. The summed E-state index contributed by atoms with van der Waals surface area (Å²) in [6.07, 6.45) is 0. The first-order chi connectivity index (χ1) is 13.2. The number of thiazole rings is 1. The molecular formula is C19H15N3O4S. The van der Waals surface area contributed by atoms with Crippen molar-refractivity contribution in [1.82, 2.24) is 15.1 Å². The van der Waals surface area contributed by atoms with Crippen LogP contribution in [0.1, 0.15) is 27.1 Å². The maximum absolute atomic E-state index is 12.2. The van der Waals surface area contributed by atoms with Gasteiger partial charge in [-0.1, -0.05) is 17.3 Å². The molecule has 0 atom stereocenters. The monoisotopic (exact) mass is 381 g/mol. The van der Waals surface area contributed by atoms with Crippen molar-refractivity contribution in [2.24, 2.45) is 0 Å². The van der Waals surface area contributed by atoms with E-state index in [0.29, 0.717) is 23.0 Å². The van der Waals surface area contributed by atoms with Crippen molar-refractivity contribution < 1.29 is 18.8 Å². The first kappa shape index (κ1) is 17.2. The summed E-state index contributed by atoms with van der Waals surface area (Å²) >= 11 is 1.52. The van der Waals surface area contributed by atoms with Crippen LogP contribution < -0.4 is 4.74 Å². The predicted molar refractivity (Wildman–Crippen MR) is 98.5 cm³/mol. The number of esters is 1. The molecule has 0 amide bonds. The van der Waals surface area contributed by atoms with E-state index >= 15 is 0 Å². The van der Waals surface area contributed by atoms with Gasteiger partial charge in [0.1, 0.15) is 17.4 Å². The second-order valence-corrected chi connectivity index (χ2v) is 6.81. The molecule has 136 valence electrons. The van der Waals surface area contributed by atoms with Gasteiger partial charge in [-0.05, 0) is 36.4 Å². The molecule has 0 fully saturated rings. The number of para-hydroxylation sites is 1. The lowest BCUT2D eigenvalue weighted by molar-refractivity contribution is 0.0472. The lowest BCUT2D eigenvalue weighted by Crippen LogP contribution is -2.05. The van der Waals surface area contributed by atoms with Gasteiger partial charge in [0.2, 0.25) is 11.7 Å². The fourth-order valence-electron chi connectivity index (χ4n) is 2.43. The molecule has 0 N–H and O–H groups in total. The maximum atomic E-state index is 12.2. The smallest absolute Gasteiger partial charge is 0.338 e. The molecule has 2 aromatic heterocycles. The van der Waals surface area contributed by atoms with Gasteiger partial charge in [0.15, 0.2) is 6.61 Å². The molecule has 0 radical (unpaired) electrons. The number of rotatable bonds is 6. The Morgan fingerprint density at radius 3 is 2.63 bits per heavy atom. The van der Waals surface area contributed by atoms with Gasteiger partial charge in [0.25, 0.3) is 0 Å². The summed E-state index contributed by atoms with van der Waals surface area (Å²) < 4.78 is 16.9. The highest BCUT2D eigenvalue weighted by Gasteiger charge is 2.10. The third-order valence-corrected chi connectivity index (χ3v) is 4.70. The zero-order chi connectivity index (χ0) is 18.6. The molecule has 0 bridgehead atoms. The number of ether oxygens (including phenoxy) is 2. The number of nitrogens with zero attached hydrogens (tertiary/aromatic N) is 3. The molecule has 4 aromatic rings. The average Bonchev–Trinajstić information content (AvgIpc) is 3.30. The van der Waals surface area contributed by atoms with Crippen molar-refractivity contribution in [2.45, 2.75) is 20.1 Å². The zero-order valence-corrected chi connectivity index (χ0v) is 15.2. The Morgan fingerprint density at radius 2 is 1.89 bits per heavy atom. The number of carbonyl (C=O) groups is 1. The molecule has 0 unspecified atom stereocenters. The van der Waals surface area contributed by atoms with E-state index in [9.17, 15) is 4.79 Å². The van der Waals surface area contributed by atoms with Crippen LogP contribution in [0, 0.1) is 6.92 Å². The lowest BCUT2D eigenvalue weighted by Gasteiger charge is -2.05. The zero-order valence-electron chi connectivity index (χ0n) is 14.4. The molecule has 0 saturated carbocycles. The van der Waals surface area contributed by atoms with E-state index in [-0.39, 0.29) is 13.2 Å². The molecular weight excluding hydrogens is 366 g/mol. The first-order valence-corrected chi connectivity index (χ1v) is 9.03. The Morgan fingerprint density at radius 1 is 1.07 bits per heavy atom.